The number of rotatable bonds is 8. The molecule has 4 aromatic carbocycles. The Labute approximate surface area is 363 Å². The van der Waals surface area contributed by atoms with Crippen LogP contribution >= 0.6 is 0 Å². The average Bonchev–Trinajstić information content (AvgIpc) is 4.23. The van der Waals surface area contributed by atoms with Crippen LogP contribution in [-0.2, 0) is 0 Å². The average molecular weight is 847 g/mol. The Morgan fingerprint density at radius 1 is 0.312 bits per heavy atom. The van der Waals surface area contributed by atoms with E-state index in [0.29, 0.717) is 50.9 Å². The number of aromatic amines is 2. The zero-order valence-electron chi connectivity index (χ0n) is 33.7. The van der Waals surface area contributed by atoms with E-state index in [1.165, 1.54) is 44.5 Å². The molecule has 64 heavy (non-hydrogen) atoms. The molecule has 6 aliphatic heterocycles. The molecule has 0 saturated carbocycles. The van der Waals surface area contributed by atoms with E-state index in [1.54, 1.807) is 0 Å². The van der Waals surface area contributed by atoms with Crippen LogP contribution in [0.25, 0.3) is 45.1 Å². The minimum atomic E-state index is 0.555. The molecular weight excluding hydrogens is 813 g/mol. The van der Waals surface area contributed by atoms with Gasteiger partial charge < -0.3 is 0 Å². The van der Waals surface area contributed by atoms with Crippen LogP contribution in [0.1, 0.15) is 33.4 Å². The van der Waals surface area contributed by atoms with Crippen molar-refractivity contribution < 1.29 is 0 Å². The van der Waals surface area contributed by atoms with Gasteiger partial charge in [-0.25, -0.2) is 0 Å². The van der Waals surface area contributed by atoms with Gasteiger partial charge in [-0.05, 0) is 54.3 Å². The van der Waals surface area contributed by atoms with Crippen molar-refractivity contribution in [3.05, 3.63) is 155 Å². The van der Waals surface area contributed by atoms with Gasteiger partial charge in [-0.1, -0.05) is 97.1 Å². The third kappa shape index (κ3) is 10.1. The van der Waals surface area contributed by atoms with Gasteiger partial charge in [0, 0.05) is 33.4 Å². The molecule has 6 aliphatic rings. The van der Waals surface area contributed by atoms with Gasteiger partial charge in [-0.3, -0.25) is 0 Å². The molecule has 0 fully saturated rings. The lowest BCUT2D eigenvalue weighted by Crippen LogP contribution is -2.04. The van der Waals surface area contributed by atoms with Crippen molar-refractivity contribution in [2.45, 2.75) is 0 Å². The summed E-state index contributed by atoms with van der Waals surface area (Å²) in [6, 6.07) is 32.2. The summed E-state index contributed by atoms with van der Waals surface area (Å²) >= 11 is 0. The quantitative estimate of drug-likeness (QED) is 0.151. The second-order valence-corrected chi connectivity index (χ2v) is 13.9. The maximum absolute atomic E-state index is 3.94. The summed E-state index contributed by atoms with van der Waals surface area (Å²) in [6.45, 7) is 3.87. The molecular formula is C42H34N22. The van der Waals surface area contributed by atoms with Crippen molar-refractivity contribution in [3.63, 3.8) is 0 Å². The van der Waals surface area contributed by atoms with Gasteiger partial charge in [0.2, 0.25) is 11.6 Å². The maximum atomic E-state index is 3.94. The highest BCUT2D eigenvalue weighted by Crippen LogP contribution is 2.26. The van der Waals surface area contributed by atoms with Crippen molar-refractivity contribution in [3.8, 4) is 22.8 Å². The summed E-state index contributed by atoms with van der Waals surface area (Å²) in [5.74, 6) is 1.11. The highest BCUT2D eigenvalue weighted by atomic mass is 15.5. The Hall–Kier alpha value is -9.08. The number of hydrogen-bond acceptors (Lipinski definition) is 20. The van der Waals surface area contributed by atoms with Gasteiger partial charge in [0.25, 0.3) is 0 Å². The monoisotopic (exact) mass is 846 g/mol. The topological polar surface area (TPSA) is 282 Å². The van der Waals surface area contributed by atoms with Crippen molar-refractivity contribution in [2.24, 2.45) is 71.8 Å². The van der Waals surface area contributed by atoms with Crippen LogP contribution in [0.3, 0.4) is 0 Å². The number of azo groups is 4. The van der Waals surface area contributed by atoms with E-state index in [2.05, 4.69) is 162 Å². The van der Waals surface area contributed by atoms with Crippen LogP contribution in [0.5, 0.6) is 0 Å². The van der Waals surface area contributed by atoms with Crippen LogP contribution in [0.2, 0.25) is 0 Å². The Morgan fingerprint density at radius 2 is 0.609 bits per heavy atom. The number of nitrogens with zero attached hydrogens (tertiary/aromatic N) is 20. The number of tetrazole rings is 2. The molecule has 0 amide bonds. The molecule has 22 nitrogen and oxygen atoms in total. The Balaban J connectivity index is 0.000000108. The first-order valence-electron chi connectivity index (χ1n) is 19.7. The molecule has 0 saturated heterocycles. The number of benzene rings is 4. The molecule has 0 atom stereocenters. The maximum Gasteiger partial charge on any atom is 0.204 e. The van der Waals surface area contributed by atoms with Crippen LogP contribution < -0.4 is 0 Å². The molecule has 0 spiro atoms. The van der Waals surface area contributed by atoms with Crippen molar-refractivity contribution >= 4 is 33.7 Å². The highest BCUT2D eigenvalue weighted by molar-refractivity contribution is 6.05. The number of hydrogen-bond donors (Lipinski definition) is 2. The molecule has 12 rings (SSSR count). The van der Waals surface area contributed by atoms with Gasteiger partial charge in [0.15, 0.2) is 0 Å². The zero-order valence-corrected chi connectivity index (χ0v) is 33.7. The summed E-state index contributed by atoms with van der Waals surface area (Å²) in [5, 5.41) is 81.2. The van der Waals surface area contributed by atoms with Gasteiger partial charge in [-0.15, -0.1) is 30.6 Å². The summed E-state index contributed by atoms with van der Waals surface area (Å²) < 4.78 is 0. The Bertz CT molecular complexity index is 2490. The van der Waals surface area contributed by atoms with E-state index in [9.17, 15) is 0 Å². The lowest BCUT2D eigenvalue weighted by atomic mass is 10.0. The number of nitrogens with one attached hydrogen (secondary N) is 2. The molecule has 0 radical (unpaired) electrons. The third-order valence-electron chi connectivity index (χ3n) is 9.94. The number of H-pyrrole nitrogens is 2. The van der Waals surface area contributed by atoms with Crippen LogP contribution in [0, 0.1) is 0 Å². The predicted octanol–water partition coefficient (Wildman–Crippen LogP) is 8.67. The first-order valence-corrected chi connectivity index (χ1v) is 19.7. The molecule has 2 aromatic heterocycles. The summed E-state index contributed by atoms with van der Waals surface area (Å²) in [4.78, 5) is 0. The Morgan fingerprint density at radius 3 is 0.844 bits per heavy atom. The van der Waals surface area contributed by atoms with Gasteiger partial charge in [0.1, 0.15) is 13.1 Å². The van der Waals surface area contributed by atoms with Crippen molar-refractivity contribution in [1.82, 2.24) is 41.2 Å². The van der Waals surface area contributed by atoms with E-state index >= 15 is 0 Å². The Kier molecular flexibility index (Phi) is 12.6. The largest absolute Gasteiger partial charge is 0.204 e. The molecule has 0 bridgehead atoms. The fraction of sp³-hybridized carbons (Fsp3) is 0.143. The molecule has 22 heteroatoms. The van der Waals surface area contributed by atoms with Crippen LogP contribution in [0.15, 0.2) is 194 Å². The molecule has 8 heterocycles. The molecule has 6 aromatic rings. The normalized spacial score (nSPS) is 15.9. The van der Waals surface area contributed by atoms with Crippen molar-refractivity contribution in [1.29, 1.82) is 0 Å². The molecule has 2 N–H and O–H groups in total. The lowest BCUT2D eigenvalue weighted by Gasteiger charge is -2.03. The van der Waals surface area contributed by atoms with Crippen LogP contribution in [-0.4, -0.2) is 91.9 Å². The zero-order chi connectivity index (χ0) is 43.2. The summed E-state index contributed by atoms with van der Waals surface area (Å²) in [7, 11) is 0. The molecule has 0 unspecified atom stereocenters. The van der Waals surface area contributed by atoms with E-state index in [4.69, 9.17) is 0 Å². The fourth-order valence-electron chi connectivity index (χ4n) is 6.45. The van der Waals surface area contributed by atoms with Crippen LogP contribution in [0.4, 0.5) is 0 Å². The van der Waals surface area contributed by atoms with E-state index in [-0.39, 0.29) is 0 Å². The smallest absolute Gasteiger partial charge is 0.184 e. The summed E-state index contributed by atoms with van der Waals surface area (Å²) in [5.41, 5.74) is 15.0. The SMILES string of the molecule is C1=C(c2ccc(C3=CN=NC3)cc2)CN=N1.C1=C(c2ccc(C3=CN=NC3)cc2)CN=N1.c1cc(-c2nn[nH]n2)ccc1-c1nn[nH]n1.c1cc(C2=NN=NC2)ccc1C1=NN=NC1. The standard InChI is InChI=1S/2C12H10N4.C10H8N6.C8H6N8/c2*1-2-10(12-7-15-16-8-12)4-3-9(1)11-5-13-14-6-11;1-2-8(10-6-12-16-14-10)4-3-7(1)9-5-11-15-13-9;1-2-6(8-11-15-16-12-8)4-3-5(1)7-9-13-14-10-7/h2*1-5,7H,6,8H2;1-4H,5-6H2;1-4H,(H,9,10,13,14)(H,11,12,15,16). The first kappa shape index (κ1) is 40.3. The second kappa shape index (κ2) is 20.0. The fourth-order valence-corrected chi connectivity index (χ4v) is 6.45. The second-order valence-electron chi connectivity index (χ2n) is 13.9. The van der Waals surface area contributed by atoms with E-state index < -0.39 is 0 Å². The van der Waals surface area contributed by atoms with E-state index in [1.807, 2.05) is 73.3 Å². The van der Waals surface area contributed by atoms with E-state index in [0.717, 1.165) is 33.7 Å². The minimum Gasteiger partial charge on any atom is -0.184 e. The van der Waals surface area contributed by atoms with Gasteiger partial charge in [-0.2, -0.15) is 61.6 Å². The predicted molar refractivity (Wildman–Crippen MR) is 235 cm³/mol. The summed E-state index contributed by atoms with van der Waals surface area (Å²) in [6.07, 6.45) is 7.26. The first-order chi connectivity index (χ1) is 31.7. The van der Waals surface area contributed by atoms with Gasteiger partial charge in [0.05, 0.1) is 62.4 Å². The van der Waals surface area contributed by atoms with Gasteiger partial charge >= 0.3 is 0 Å². The molecule has 312 valence electrons. The molecule has 0 aliphatic carbocycles. The third-order valence-corrected chi connectivity index (χ3v) is 9.94. The lowest BCUT2D eigenvalue weighted by molar-refractivity contribution is 0.881. The minimum absolute atomic E-state index is 0.555. The number of aromatic nitrogens is 8. The highest BCUT2D eigenvalue weighted by Gasteiger charge is 2.12. The van der Waals surface area contributed by atoms with Crippen molar-refractivity contribution in [2.75, 3.05) is 39.3 Å².